The van der Waals surface area contributed by atoms with E-state index in [2.05, 4.69) is 29.7 Å². The van der Waals surface area contributed by atoms with E-state index in [1.165, 1.54) is 0 Å². The number of rotatable bonds is 4. The number of aliphatic imine (C=N–C) groups is 1. The Hall–Kier alpha value is -2.58. The van der Waals surface area contributed by atoms with Gasteiger partial charge in [-0.05, 0) is 44.7 Å². The monoisotopic (exact) mass is 335 g/mol. The normalized spacial score (nSPS) is 28.5. The van der Waals surface area contributed by atoms with Crippen molar-refractivity contribution in [3.8, 4) is 6.07 Å². The van der Waals surface area contributed by atoms with Gasteiger partial charge in [0.25, 0.3) is 0 Å². The molecule has 0 amide bonds. The standard InChI is InChI=1S/C20H25N5/c1-13(22)17(12-23-16-10-15(11-16)6-5-9-21)20-14(2)24-18-7-3-4-8-19(18)25-20/h3-8,12-16,24-25H,10-11,22H2,1-2H3/b6-5+,20-17?,23-12?. The number of para-hydroxylation sites is 2. The van der Waals surface area contributed by atoms with Gasteiger partial charge in [0.1, 0.15) is 0 Å². The van der Waals surface area contributed by atoms with Crippen LogP contribution >= 0.6 is 0 Å². The molecule has 1 saturated carbocycles. The summed E-state index contributed by atoms with van der Waals surface area (Å²) < 4.78 is 0. The molecule has 4 N–H and O–H groups in total. The molecule has 1 aliphatic carbocycles. The van der Waals surface area contributed by atoms with Gasteiger partial charge in [0.15, 0.2) is 0 Å². The lowest BCUT2D eigenvalue weighted by atomic mass is 9.80. The minimum atomic E-state index is -0.102. The number of allylic oxidation sites excluding steroid dienone is 2. The molecule has 1 aromatic rings. The molecule has 1 aromatic carbocycles. The smallest absolute Gasteiger partial charge is 0.0908 e. The quantitative estimate of drug-likeness (QED) is 0.581. The van der Waals surface area contributed by atoms with Crippen molar-refractivity contribution < 1.29 is 0 Å². The molecule has 5 heteroatoms. The number of nitrogens with one attached hydrogen (secondary N) is 2. The van der Waals surface area contributed by atoms with Crippen LogP contribution in [0.15, 0.2) is 52.7 Å². The topological polar surface area (TPSA) is 86.2 Å². The van der Waals surface area contributed by atoms with E-state index in [-0.39, 0.29) is 12.1 Å². The van der Waals surface area contributed by atoms with E-state index in [4.69, 9.17) is 16.0 Å². The minimum Gasteiger partial charge on any atom is -0.375 e. The van der Waals surface area contributed by atoms with Gasteiger partial charge < -0.3 is 16.4 Å². The second-order valence-electron chi connectivity index (χ2n) is 6.85. The Balaban J connectivity index is 1.75. The molecule has 0 radical (unpaired) electrons. The Morgan fingerprint density at radius 2 is 2.08 bits per heavy atom. The van der Waals surface area contributed by atoms with Crippen LogP contribution in [0, 0.1) is 17.2 Å². The molecule has 2 atom stereocenters. The third kappa shape index (κ3) is 3.92. The molecular formula is C20H25N5. The number of hydrogen-bond donors (Lipinski definition) is 3. The average molecular weight is 335 g/mol. The number of nitrogens with two attached hydrogens (primary N) is 1. The molecule has 130 valence electrons. The van der Waals surface area contributed by atoms with E-state index < -0.39 is 0 Å². The molecule has 1 heterocycles. The highest BCUT2D eigenvalue weighted by Crippen LogP contribution is 2.33. The zero-order chi connectivity index (χ0) is 17.8. The molecule has 0 bridgehead atoms. The van der Waals surface area contributed by atoms with Crippen molar-refractivity contribution in [2.24, 2.45) is 16.6 Å². The van der Waals surface area contributed by atoms with Gasteiger partial charge in [0.2, 0.25) is 0 Å². The van der Waals surface area contributed by atoms with E-state index in [0.717, 1.165) is 35.5 Å². The molecule has 1 fully saturated rings. The molecule has 0 spiro atoms. The maximum Gasteiger partial charge on any atom is 0.0908 e. The van der Waals surface area contributed by atoms with Crippen LogP contribution < -0.4 is 16.4 Å². The number of nitriles is 1. The Kier molecular flexibility index (Phi) is 5.20. The third-order valence-corrected chi connectivity index (χ3v) is 4.82. The third-order valence-electron chi connectivity index (χ3n) is 4.82. The van der Waals surface area contributed by atoms with Crippen molar-refractivity contribution in [2.75, 3.05) is 10.6 Å². The first-order valence-electron chi connectivity index (χ1n) is 8.80. The van der Waals surface area contributed by atoms with Gasteiger partial charge in [-0.25, -0.2) is 0 Å². The Morgan fingerprint density at radius 3 is 2.76 bits per heavy atom. The molecule has 0 aromatic heterocycles. The van der Waals surface area contributed by atoms with Crippen molar-refractivity contribution in [1.82, 2.24) is 0 Å². The van der Waals surface area contributed by atoms with Crippen molar-refractivity contribution in [3.63, 3.8) is 0 Å². The lowest BCUT2D eigenvalue weighted by Crippen LogP contribution is -2.34. The van der Waals surface area contributed by atoms with E-state index in [1.54, 1.807) is 6.08 Å². The lowest BCUT2D eigenvalue weighted by molar-refractivity contribution is 0.327. The number of benzene rings is 1. The summed E-state index contributed by atoms with van der Waals surface area (Å²) in [5.74, 6) is 0.480. The summed E-state index contributed by atoms with van der Waals surface area (Å²) in [6.45, 7) is 4.11. The summed E-state index contributed by atoms with van der Waals surface area (Å²) in [6.07, 6.45) is 7.48. The van der Waals surface area contributed by atoms with E-state index in [9.17, 15) is 0 Å². The number of fused-ring (bicyclic) bond motifs is 1. The Labute approximate surface area is 149 Å². The highest BCUT2D eigenvalue weighted by atomic mass is 15.1. The fraction of sp³-hybridized carbons (Fsp3) is 0.400. The average Bonchev–Trinajstić information content (AvgIpc) is 2.55. The number of nitrogens with zero attached hydrogens (tertiary/aromatic N) is 2. The predicted octanol–water partition coefficient (Wildman–Crippen LogP) is 3.44. The van der Waals surface area contributed by atoms with Crippen LogP contribution in [-0.2, 0) is 0 Å². The van der Waals surface area contributed by atoms with Crippen molar-refractivity contribution in [1.29, 1.82) is 5.26 Å². The van der Waals surface area contributed by atoms with Crippen molar-refractivity contribution >= 4 is 17.6 Å². The van der Waals surface area contributed by atoms with Gasteiger partial charge in [-0.1, -0.05) is 18.2 Å². The highest BCUT2D eigenvalue weighted by Gasteiger charge is 2.27. The SMILES string of the molecule is CC(N)C(C=NC1CC(/C=C/C#N)C1)=C1Nc2ccccc2NC1C. The molecule has 0 saturated heterocycles. The first-order chi connectivity index (χ1) is 12.1. The molecule has 3 rings (SSSR count). The molecule has 1 aliphatic heterocycles. The molecule has 25 heavy (non-hydrogen) atoms. The Bertz CT molecular complexity index is 748. The van der Waals surface area contributed by atoms with Gasteiger partial charge in [0, 0.05) is 29.6 Å². The van der Waals surface area contributed by atoms with Gasteiger partial charge in [-0.3, -0.25) is 4.99 Å². The first-order valence-corrected chi connectivity index (χ1v) is 8.80. The largest absolute Gasteiger partial charge is 0.375 e. The molecule has 5 nitrogen and oxygen atoms in total. The summed E-state index contributed by atoms with van der Waals surface area (Å²) >= 11 is 0. The van der Waals surface area contributed by atoms with E-state index in [0.29, 0.717) is 12.0 Å². The second-order valence-corrected chi connectivity index (χ2v) is 6.85. The van der Waals surface area contributed by atoms with Crippen molar-refractivity contribution in [3.05, 3.63) is 47.7 Å². The number of hydrogen-bond acceptors (Lipinski definition) is 5. The van der Waals surface area contributed by atoms with Gasteiger partial charge in [0.05, 0.1) is 29.5 Å². The fourth-order valence-electron chi connectivity index (χ4n) is 3.30. The Morgan fingerprint density at radius 1 is 1.36 bits per heavy atom. The molecular weight excluding hydrogens is 310 g/mol. The minimum absolute atomic E-state index is 0.102. The zero-order valence-corrected chi connectivity index (χ0v) is 14.7. The van der Waals surface area contributed by atoms with Crippen LogP contribution in [0.1, 0.15) is 26.7 Å². The summed E-state index contributed by atoms with van der Waals surface area (Å²) in [7, 11) is 0. The predicted molar refractivity (Wildman–Crippen MR) is 104 cm³/mol. The van der Waals surface area contributed by atoms with Crippen LogP contribution in [0.5, 0.6) is 0 Å². The van der Waals surface area contributed by atoms with Crippen LogP contribution in [0.2, 0.25) is 0 Å². The van der Waals surface area contributed by atoms with Crippen LogP contribution in [-0.4, -0.2) is 24.3 Å². The summed E-state index contributed by atoms with van der Waals surface area (Å²) in [4.78, 5) is 4.73. The van der Waals surface area contributed by atoms with Crippen LogP contribution in [0.3, 0.4) is 0 Å². The summed E-state index contributed by atoms with van der Waals surface area (Å²) in [5.41, 5.74) is 10.5. The maximum absolute atomic E-state index is 8.58. The summed E-state index contributed by atoms with van der Waals surface area (Å²) in [6, 6.07) is 10.6. The van der Waals surface area contributed by atoms with Crippen LogP contribution in [0.4, 0.5) is 11.4 Å². The van der Waals surface area contributed by atoms with Gasteiger partial charge in [-0.15, -0.1) is 0 Å². The first kappa shape index (κ1) is 17.2. The highest BCUT2D eigenvalue weighted by molar-refractivity contribution is 5.85. The second kappa shape index (κ2) is 7.54. The summed E-state index contributed by atoms with van der Waals surface area (Å²) in [5, 5.41) is 15.6. The lowest BCUT2D eigenvalue weighted by Gasteiger charge is -2.32. The zero-order valence-electron chi connectivity index (χ0n) is 14.7. The van der Waals surface area contributed by atoms with Crippen molar-refractivity contribution in [2.45, 2.75) is 44.8 Å². The van der Waals surface area contributed by atoms with Crippen LogP contribution in [0.25, 0.3) is 0 Å². The number of anilines is 2. The van der Waals surface area contributed by atoms with Gasteiger partial charge in [-0.2, -0.15) is 5.26 Å². The molecule has 2 unspecified atom stereocenters. The fourth-order valence-corrected chi connectivity index (χ4v) is 3.30. The maximum atomic E-state index is 8.58. The van der Waals surface area contributed by atoms with E-state index in [1.807, 2.05) is 37.4 Å². The van der Waals surface area contributed by atoms with Gasteiger partial charge >= 0.3 is 0 Å². The van der Waals surface area contributed by atoms with E-state index >= 15 is 0 Å². The molecule has 2 aliphatic rings.